The molecule has 2 N–H and O–H groups in total. The Kier molecular flexibility index (Phi) is 16.7. The molecule has 0 spiro atoms. The average Bonchev–Trinajstić information content (AvgIpc) is 2.34. The van der Waals surface area contributed by atoms with Gasteiger partial charge in [-0.15, -0.1) is 0 Å². The van der Waals surface area contributed by atoms with Crippen molar-refractivity contribution in [3.63, 3.8) is 0 Å². The number of amides is 1. The predicted octanol–water partition coefficient (Wildman–Crippen LogP) is -0.257. The smallest absolute Gasteiger partial charge is 1.00 e. The molecule has 0 saturated carbocycles. The zero-order valence-electron chi connectivity index (χ0n) is 13.2. The first-order valence-electron chi connectivity index (χ1n) is 6.74. The summed E-state index contributed by atoms with van der Waals surface area (Å²) in [5.74, 6) is -1.10. The number of carbonyl (C=O) groups is 2. The van der Waals surface area contributed by atoms with E-state index in [-0.39, 0.29) is 42.6 Å². The molecule has 1 amide bonds. The first kappa shape index (κ1) is 21.6. The van der Waals surface area contributed by atoms with Crippen molar-refractivity contribution in [1.29, 1.82) is 0 Å². The standard InChI is InChI=1S/C13H25NO3S.Na.H/c1-2-3-4-5-6-7-8-9-12(15)14-11(10-18)13(16)17;;/h11,18H,2-10H2,1H3,(H,14,15)(H,16,17);;/q;+1;-1/t11-;;/m0../s1. The molecule has 0 rings (SSSR count). The van der Waals surface area contributed by atoms with Crippen LogP contribution in [0.4, 0.5) is 0 Å². The van der Waals surface area contributed by atoms with Crippen molar-refractivity contribution in [2.24, 2.45) is 0 Å². The normalized spacial score (nSPS) is 11.5. The van der Waals surface area contributed by atoms with Crippen LogP contribution in [-0.4, -0.2) is 28.8 Å². The van der Waals surface area contributed by atoms with E-state index in [1.165, 1.54) is 25.7 Å². The van der Waals surface area contributed by atoms with Gasteiger partial charge in [0.2, 0.25) is 5.91 Å². The Labute approximate surface area is 145 Å². The zero-order chi connectivity index (χ0) is 13.8. The Morgan fingerprint density at radius 2 is 1.68 bits per heavy atom. The van der Waals surface area contributed by atoms with E-state index in [0.29, 0.717) is 6.42 Å². The monoisotopic (exact) mass is 299 g/mol. The van der Waals surface area contributed by atoms with E-state index in [9.17, 15) is 9.59 Å². The van der Waals surface area contributed by atoms with Crippen LogP contribution >= 0.6 is 12.6 Å². The summed E-state index contributed by atoms with van der Waals surface area (Å²) in [6.07, 6.45) is 8.44. The minimum Gasteiger partial charge on any atom is -1.00 e. The third kappa shape index (κ3) is 13.0. The molecule has 4 nitrogen and oxygen atoms in total. The quantitative estimate of drug-likeness (QED) is 0.280. The molecule has 0 aromatic heterocycles. The summed E-state index contributed by atoms with van der Waals surface area (Å²) in [5, 5.41) is 11.2. The molecule has 1 atom stereocenters. The molecule has 0 aliphatic heterocycles. The van der Waals surface area contributed by atoms with Crippen molar-refractivity contribution in [3.8, 4) is 0 Å². The minimum absolute atomic E-state index is 0. The molecule has 0 aromatic carbocycles. The Balaban J connectivity index is -0.00000144. The van der Waals surface area contributed by atoms with Crippen molar-refractivity contribution < 1.29 is 45.7 Å². The second-order valence-corrected chi connectivity index (χ2v) is 4.88. The van der Waals surface area contributed by atoms with Gasteiger partial charge in [0.1, 0.15) is 6.04 Å². The molecule has 0 bridgehead atoms. The van der Waals surface area contributed by atoms with Crippen LogP contribution in [0.2, 0.25) is 0 Å². The Morgan fingerprint density at radius 3 is 2.16 bits per heavy atom. The van der Waals surface area contributed by atoms with E-state index < -0.39 is 12.0 Å². The van der Waals surface area contributed by atoms with E-state index in [4.69, 9.17) is 5.11 Å². The number of nitrogens with one attached hydrogen (secondary N) is 1. The molecule has 6 heteroatoms. The molecule has 0 fully saturated rings. The summed E-state index contributed by atoms with van der Waals surface area (Å²) in [4.78, 5) is 22.1. The van der Waals surface area contributed by atoms with Crippen LogP contribution in [0.5, 0.6) is 0 Å². The molecule has 0 heterocycles. The number of carboxylic acid groups (broad SMARTS) is 1. The molecule has 108 valence electrons. The van der Waals surface area contributed by atoms with Gasteiger partial charge in [0.25, 0.3) is 0 Å². The fraction of sp³-hybridized carbons (Fsp3) is 0.846. The van der Waals surface area contributed by atoms with Gasteiger partial charge < -0.3 is 11.8 Å². The van der Waals surface area contributed by atoms with E-state index in [0.717, 1.165) is 19.3 Å². The number of rotatable bonds is 11. The maximum atomic E-state index is 11.4. The largest absolute Gasteiger partial charge is 1.00 e. The molecule has 0 aliphatic rings. The third-order valence-corrected chi connectivity index (χ3v) is 3.19. The fourth-order valence-electron chi connectivity index (χ4n) is 1.69. The SMILES string of the molecule is CCCCCCCCCC(=O)N[C@@H](CS)C(=O)O.[H-].[Na+]. The van der Waals surface area contributed by atoms with E-state index in [2.05, 4.69) is 24.9 Å². The number of unbranched alkanes of at least 4 members (excludes halogenated alkanes) is 6. The summed E-state index contributed by atoms with van der Waals surface area (Å²) in [6, 6.07) is -0.870. The van der Waals surface area contributed by atoms with Crippen molar-refractivity contribution >= 4 is 24.5 Å². The molecule has 0 unspecified atom stereocenters. The van der Waals surface area contributed by atoms with E-state index in [1.807, 2.05) is 0 Å². The topological polar surface area (TPSA) is 66.4 Å². The van der Waals surface area contributed by atoms with Gasteiger partial charge in [-0.05, 0) is 6.42 Å². The van der Waals surface area contributed by atoms with Gasteiger partial charge in [-0.3, -0.25) is 4.79 Å². The summed E-state index contributed by atoms with van der Waals surface area (Å²) in [6.45, 7) is 2.19. The van der Waals surface area contributed by atoms with Crippen LogP contribution in [0.3, 0.4) is 0 Å². The Bertz CT molecular complexity index is 258. The van der Waals surface area contributed by atoms with Gasteiger partial charge in [-0.2, -0.15) is 12.6 Å². The van der Waals surface area contributed by atoms with Gasteiger partial charge in [0.15, 0.2) is 0 Å². The van der Waals surface area contributed by atoms with Crippen molar-refractivity contribution in [3.05, 3.63) is 0 Å². The number of hydrogen-bond acceptors (Lipinski definition) is 3. The number of carboxylic acids is 1. The third-order valence-electron chi connectivity index (χ3n) is 2.82. The number of carbonyl (C=O) groups excluding carboxylic acids is 1. The van der Waals surface area contributed by atoms with E-state index in [1.54, 1.807) is 0 Å². The molecule has 0 saturated heterocycles. The molecule has 0 radical (unpaired) electrons. The summed E-state index contributed by atoms with van der Waals surface area (Å²) in [7, 11) is 0. The van der Waals surface area contributed by atoms with E-state index >= 15 is 0 Å². The van der Waals surface area contributed by atoms with Crippen LogP contribution in [0, 0.1) is 0 Å². The van der Waals surface area contributed by atoms with Crippen molar-refractivity contribution in [2.45, 2.75) is 64.3 Å². The van der Waals surface area contributed by atoms with Crippen molar-refractivity contribution in [2.75, 3.05) is 5.75 Å². The van der Waals surface area contributed by atoms with Crippen molar-refractivity contribution in [1.82, 2.24) is 5.32 Å². The predicted molar refractivity (Wildman–Crippen MR) is 77.1 cm³/mol. The van der Waals surface area contributed by atoms with Gasteiger partial charge in [0.05, 0.1) is 0 Å². The average molecular weight is 299 g/mol. The number of thiol groups is 1. The molecular formula is C13H26NNaO3S. The second kappa shape index (κ2) is 14.7. The van der Waals surface area contributed by atoms with Gasteiger partial charge in [-0.1, -0.05) is 45.4 Å². The Morgan fingerprint density at radius 1 is 1.16 bits per heavy atom. The summed E-state index contributed by atoms with van der Waals surface area (Å²) < 4.78 is 0. The maximum Gasteiger partial charge on any atom is 1.00 e. The van der Waals surface area contributed by atoms with Crippen LogP contribution in [0.25, 0.3) is 0 Å². The van der Waals surface area contributed by atoms with Gasteiger partial charge in [0, 0.05) is 12.2 Å². The van der Waals surface area contributed by atoms with Crippen LogP contribution in [0.15, 0.2) is 0 Å². The maximum absolute atomic E-state index is 11.4. The number of aliphatic carboxylic acids is 1. The van der Waals surface area contributed by atoms with Crippen LogP contribution in [-0.2, 0) is 9.59 Å². The Hall–Kier alpha value is 0.290. The minimum atomic E-state index is -1.03. The molecular weight excluding hydrogens is 273 g/mol. The molecule has 0 aliphatic carbocycles. The molecule has 0 aromatic rings. The van der Waals surface area contributed by atoms with Crippen LogP contribution < -0.4 is 34.9 Å². The first-order valence-corrected chi connectivity index (χ1v) is 7.38. The summed E-state index contributed by atoms with van der Waals surface area (Å²) in [5.41, 5.74) is 0. The van der Waals surface area contributed by atoms with Gasteiger partial charge >= 0.3 is 35.5 Å². The number of hydrogen-bond donors (Lipinski definition) is 3. The fourth-order valence-corrected chi connectivity index (χ4v) is 1.94. The zero-order valence-corrected chi connectivity index (χ0v) is 15.0. The molecule has 19 heavy (non-hydrogen) atoms. The van der Waals surface area contributed by atoms with Crippen LogP contribution in [0.1, 0.15) is 59.7 Å². The first-order chi connectivity index (χ1) is 8.61. The second-order valence-electron chi connectivity index (χ2n) is 4.51. The summed E-state index contributed by atoms with van der Waals surface area (Å²) >= 11 is 3.89. The van der Waals surface area contributed by atoms with Gasteiger partial charge in [-0.25, -0.2) is 4.79 Å².